The molecule has 1 aromatic heterocycles. The monoisotopic (exact) mass is 491 g/mol. The van der Waals surface area contributed by atoms with Crippen LogP contribution in [0.5, 0.6) is 0 Å². The van der Waals surface area contributed by atoms with Gasteiger partial charge in [0, 0.05) is 22.7 Å². The number of hydrogen-bond acceptors (Lipinski definition) is 7. The average molecular weight is 492 g/mol. The topological polar surface area (TPSA) is 101 Å². The Kier molecular flexibility index (Phi) is 3.46. The van der Waals surface area contributed by atoms with Gasteiger partial charge < -0.3 is 15.2 Å². The number of aliphatic carboxylic acids is 1. The van der Waals surface area contributed by atoms with Crippen molar-refractivity contribution in [3.63, 3.8) is 0 Å². The first kappa shape index (κ1) is 20.2. The summed E-state index contributed by atoms with van der Waals surface area (Å²) in [5, 5.41) is 16.0. The number of carbonyl (C=O) groups is 2. The van der Waals surface area contributed by atoms with Gasteiger partial charge in [-0.2, -0.15) is 0 Å². The van der Waals surface area contributed by atoms with Gasteiger partial charge in [-0.1, -0.05) is 12.1 Å². The molecule has 178 valence electrons. The second-order valence-corrected chi connectivity index (χ2v) is 11.5. The number of aromatic nitrogens is 1. The van der Waals surface area contributed by atoms with Crippen molar-refractivity contribution in [2.45, 2.75) is 19.9 Å². The summed E-state index contributed by atoms with van der Waals surface area (Å²) in [5.41, 5.74) is 1.58. The van der Waals surface area contributed by atoms with Gasteiger partial charge in [-0.25, -0.2) is 14.2 Å². The predicted octanol–water partition coefficient (Wildman–Crippen LogP) is 3.32. The lowest BCUT2D eigenvalue weighted by Gasteiger charge is -3.10. The summed E-state index contributed by atoms with van der Waals surface area (Å²) in [6, 6.07) is 4.13. The first-order valence-electron chi connectivity index (χ1n) is 12.1. The van der Waals surface area contributed by atoms with Crippen molar-refractivity contribution in [2.24, 2.45) is 51.3 Å². The van der Waals surface area contributed by atoms with Crippen LogP contribution in [0.1, 0.15) is 29.1 Å². The normalized spacial score (nSPS) is 42.3. The van der Waals surface area contributed by atoms with Crippen LogP contribution in [-0.2, 0) is 14.3 Å². The molecule has 1 unspecified atom stereocenters. The number of hydrogen-bond donors (Lipinski definition) is 2. The Labute approximate surface area is 204 Å². The van der Waals surface area contributed by atoms with Crippen molar-refractivity contribution in [1.29, 1.82) is 0 Å². The van der Waals surface area contributed by atoms with Crippen LogP contribution in [0.3, 0.4) is 0 Å². The van der Waals surface area contributed by atoms with Gasteiger partial charge in [0.25, 0.3) is 0 Å². The van der Waals surface area contributed by atoms with Crippen molar-refractivity contribution in [1.82, 2.24) is 10.3 Å². The molecular formula is C26H22FN3O4S. The predicted molar refractivity (Wildman–Crippen MR) is 123 cm³/mol. The minimum Gasteiger partial charge on any atom is -0.481 e. The molecule has 1 atom stereocenters. The first-order valence-corrected chi connectivity index (χ1v) is 12.9. The number of rotatable bonds is 6. The van der Waals surface area contributed by atoms with Crippen molar-refractivity contribution in [3.05, 3.63) is 63.0 Å². The van der Waals surface area contributed by atoms with Gasteiger partial charge in [0.1, 0.15) is 11.9 Å². The molecule has 7 nitrogen and oxygen atoms in total. The number of aliphatic imine (C=N–C) groups is 1. The molecule has 1 aliphatic heterocycles. The number of allylic oxidation sites excluding steroid dienone is 1. The van der Waals surface area contributed by atoms with Gasteiger partial charge in [0.05, 0.1) is 17.6 Å². The Bertz CT molecular complexity index is 1380. The van der Waals surface area contributed by atoms with Crippen LogP contribution in [0.2, 0.25) is 0 Å². The fourth-order valence-electron chi connectivity index (χ4n) is 9.36. The molecule has 0 amide bonds. The summed E-state index contributed by atoms with van der Waals surface area (Å²) in [6.07, 6.45) is 1.71. The van der Waals surface area contributed by atoms with Crippen LogP contribution in [0.15, 0.2) is 46.0 Å². The quantitative estimate of drug-likeness (QED) is 0.602. The number of halogens is 1. The second kappa shape index (κ2) is 6.00. The molecule has 2 N–H and O–H groups in total. The van der Waals surface area contributed by atoms with E-state index in [2.05, 4.69) is 10.3 Å². The lowest BCUT2D eigenvalue weighted by Crippen LogP contribution is -3.11. The van der Waals surface area contributed by atoms with Crippen LogP contribution in [-0.4, -0.2) is 34.5 Å². The fourth-order valence-corrected chi connectivity index (χ4v) is 9.95. The highest BCUT2D eigenvalue weighted by molar-refractivity contribution is 7.11. The number of benzene rings is 1. The highest BCUT2D eigenvalue weighted by Gasteiger charge is 3.12. The summed E-state index contributed by atoms with van der Waals surface area (Å²) in [6.45, 7) is 3.68. The Balaban J connectivity index is 1.31. The highest BCUT2D eigenvalue weighted by atomic mass is 32.1. The largest absolute Gasteiger partial charge is 0.481 e. The van der Waals surface area contributed by atoms with E-state index >= 15 is 0 Å². The number of carboxylic acids is 1. The maximum Gasteiger partial charge on any atom is 0.338 e. The van der Waals surface area contributed by atoms with E-state index in [9.17, 15) is 19.1 Å². The van der Waals surface area contributed by atoms with E-state index in [0.29, 0.717) is 27.5 Å². The van der Waals surface area contributed by atoms with Crippen molar-refractivity contribution >= 4 is 29.1 Å². The molecule has 0 bridgehead atoms. The number of thiazole rings is 1. The zero-order valence-corrected chi connectivity index (χ0v) is 19.8. The van der Waals surface area contributed by atoms with E-state index in [1.807, 2.05) is 11.4 Å². The van der Waals surface area contributed by atoms with Gasteiger partial charge in [-0.05, 0) is 66.5 Å². The third-order valence-electron chi connectivity index (χ3n) is 10.2. The summed E-state index contributed by atoms with van der Waals surface area (Å²) < 4.78 is 20.2. The number of carbonyl (C=O) groups excluding carboxylic acids is 1. The molecule has 2 heterocycles. The lowest BCUT2D eigenvalue weighted by molar-refractivity contribution is -0.633. The molecule has 6 fully saturated rings. The number of esters is 1. The van der Waals surface area contributed by atoms with Crippen molar-refractivity contribution < 1.29 is 23.8 Å². The Morgan fingerprint density at radius 1 is 1.20 bits per heavy atom. The standard InChI is InChI=1S/C26H22FN3O4S/c1-3-34-23(31)12-19(10-5-4-6-11(27)9(10)2)29-21(22-28-7-8-35-22)30-20(12)25-13-16-14(25)18-15(25)17(13)26(16,18)24(32)33/h4-8,13-19H,3H2,1-2H3,(H,29,30)(H,32,33). The molecule has 1 aromatic carbocycles. The zero-order valence-electron chi connectivity index (χ0n) is 19.0. The lowest BCUT2D eigenvalue weighted by atomic mass is 8.92. The molecule has 0 radical (unpaired) electrons. The second-order valence-electron chi connectivity index (χ2n) is 10.6. The molecule has 9 rings (SSSR count). The summed E-state index contributed by atoms with van der Waals surface area (Å²) in [4.78, 5) is 34.9. The van der Waals surface area contributed by atoms with E-state index in [4.69, 9.17) is 9.73 Å². The minimum absolute atomic E-state index is 0.203. The molecule has 2 aromatic rings. The SMILES string of the molecule is CCOC(=O)C1=C(C23C4C5C2C2C3C4C52C(=O)O)NC(c2nccs2)=NC1c1cccc(F)c1C. The first-order chi connectivity index (χ1) is 16.9. The summed E-state index contributed by atoms with van der Waals surface area (Å²) >= 11 is 1.45. The molecule has 9 heteroatoms. The van der Waals surface area contributed by atoms with Gasteiger partial charge in [-0.3, -0.25) is 9.79 Å². The van der Waals surface area contributed by atoms with E-state index in [1.165, 1.54) is 17.4 Å². The van der Waals surface area contributed by atoms with Crippen LogP contribution < -0.4 is 5.32 Å². The molecule has 6 aliphatic carbocycles. The molecule has 0 saturated heterocycles. The third-order valence-corrected chi connectivity index (χ3v) is 11.0. The van der Waals surface area contributed by atoms with Crippen LogP contribution >= 0.6 is 11.3 Å². The molecule has 7 aliphatic rings. The average Bonchev–Trinajstić information content (AvgIpc) is 3.40. The highest BCUT2D eigenvalue weighted by Crippen LogP contribution is 3.11. The fraction of sp³-hybridized carbons (Fsp3) is 0.462. The number of nitrogens with one attached hydrogen (secondary N) is 1. The van der Waals surface area contributed by atoms with Crippen LogP contribution in [0, 0.1) is 59.1 Å². The van der Waals surface area contributed by atoms with Crippen molar-refractivity contribution in [3.8, 4) is 0 Å². The maximum absolute atomic E-state index is 14.6. The number of amidine groups is 1. The van der Waals surface area contributed by atoms with Crippen LogP contribution in [0.25, 0.3) is 0 Å². The van der Waals surface area contributed by atoms with Crippen molar-refractivity contribution in [2.75, 3.05) is 6.61 Å². The number of ether oxygens (including phenoxy) is 1. The third kappa shape index (κ3) is 1.77. The Morgan fingerprint density at radius 2 is 1.91 bits per heavy atom. The summed E-state index contributed by atoms with van der Waals surface area (Å²) in [7, 11) is 0. The van der Waals surface area contributed by atoms with Gasteiger partial charge in [0.2, 0.25) is 0 Å². The molecule has 35 heavy (non-hydrogen) atoms. The zero-order chi connectivity index (χ0) is 24.0. The van der Waals surface area contributed by atoms with E-state index in [1.54, 1.807) is 26.1 Å². The van der Waals surface area contributed by atoms with E-state index < -0.39 is 23.4 Å². The minimum atomic E-state index is -0.728. The Hall–Kier alpha value is -3.07. The number of carboxylic acid groups (broad SMARTS) is 1. The molecule has 0 spiro atoms. The van der Waals surface area contributed by atoms with Crippen LogP contribution in [0.4, 0.5) is 4.39 Å². The molecular weight excluding hydrogens is 469 g/mol. The van der Waals surface area contributed by atoms with Gasteiger partial charge in [-0.15, -0.1) is 11.3 Å². The van der Waals surface area contributed by atoms with E-state index in [-0.39, 0.29) is 53.3 Å². The smallest absolute Gasteiger partial charge is 0.338 e. The Morgan fingerprint density at radius 3 is 2.51 bits per heavy atom. The van der Waals surface area contributed by atoms with Gasteiger partial charge >= 0.3 is 11.9 Å². The number of nitrogens with zero attached hydrogens (tertiary/aromatic N) is 2. The summed E-state index contributed by atoms with van der Waals surface area (Å²) in [5.74, 6) is 0.547. The van der Waals surface area contributed by atoms with Gasteiger partial charge in [0.15, 0.2) is 10.8 Å². The molecule has 6 saturated carbocycles. The maximum atomic E-state index is 14.6. The van der Waals surface area contributed by atoms with E-state index in [0.717, 1.165) is 5.70 Å².